The van der Waals surface area contributed by atoms with Crippen LogP contribution in [0.1, 0.15) is 32.7 Å². The van der Waals surface area contributed by atoms with Crippen LogP contribution >= 0.6 is 0 Å². The molecule has 0 aliphatic rings. The quantitative estimate of drug-likeness (QED) is 0.779. The number of pyridine rings is 1. The van der Waals surface area contributed by atoms with Gasteiger partial charge in [-0.25, -0.2) is 0 Å². The molecule has 1 heterocycles. The van der Waals surface area contributed by atoms with Crippen molar-refractivity contribution < 1.29 is 4.79 Å². The molecule has 0 bridgehead atoms. The van der Waals surface area contributed by atoms with Crippen molar-refractivity contribution in [3.63, 3.8) is 0 Å². The highest BCUT2D eigenvalue weighted by Crippen LogP contribution is 2.12. The zero-order valence-corrected chi connectivity index (χ0v) is 15.2. The van der Waals surface area contributed by atoms with E-state index < -0.39 is 11.5 Å². The highest BCUT2D eigenvalue weighted by Gasteiger charge is 2.15. The summed E-state index contributed by atoms with van der Waals surface area (Å²) >= 11 is 0. The Morgan fingerprint density at radius 1 is 1.07 bits per heavy atom. The van der Waals surface area contributed by atoms with Gasteiger partial charge in [0.1, 0.15) is 5.56 Å². The summed E-state index contributed by atoms with van der Waals surface area (Å²) in [5.74, 6) is -0.424. The first-order valence-corrected chi connectivity index (χ1v) is 8.56. The number of hydrogen-bond donors (Lipinski definition) is 1. The zero-order chi connectivity index (χ0) is 19.4. The van der Waals surface area contributed by atoms with Crippen LogP contribution in [0.3, 0.4) is 0 Å². The van der Waals surface area contributed by atoms with Gasteiger partial charge in [-0.05, 0) is 49.7 Å². The van der Waals surface area contributed by atoms with Gasteiger partial charge in [-0.1, -0.05) is 35.9 Å². The van der Waals surface area contributed by atoms with Crippen LogP contribution in [0.15, 0.2) is 65.5 Å². The summed E-state index contributed by atoms with van der Waals surface area (Å²) in [6.45, 7) is 4.12. The van der Waals surface area contributed by atoms with Gasteiger partial charge < -0.3 is 5.32 Å². The van der Waals surface area contributed by atoms with Crippen molar-refractivity contribution in [3.05, 3.63) is 99.0 Å². The van der Waals surface area contributed by atoms with E-state index in [4.69, 9.17) is 5.26 Å². The van der Waals surface area contributed by atoms with Crippen molar-refractivity contribution in [2.45, 2.75) is 20.4 Å². The van der Waals surface area contributed by atoms with Crippen molar-refractivity contribution in [2.75, 3.05) is 0 Å². The Balaban J connectivity index is 1.91. The number of nitriles is 1. The molecule has 0 atom stereocenters. The predicted octanol–water partition coefficient (Wildman–Crippen LogP) is 3.26. The summed E-state index contributed by atoms with van der Waals surface area (Å²) in [5.41, 5.74) is 3.43. The van der Waals surface area contributed by atoms with E-state index in [0.29, 0.717) is 23.5 Å². The second-order valence-corrected chi connectivity index (χ2v) is 6.36. The summed E-state index contributed by atoms with van der Waals surface area (Å²) in [6, 6.07) is 19.9. The Morgan fingerprint density at radius 2 is 1.85 bits per heavy atom. The fraction of sp³-hybridized carbons (Fsp3) is 0.136. The van der Waals surface area contributed by atoms with Crippen molar-refractivity contribution in [1.29, 1.82) is 5.26 Å². The molecule has 3 aromatic rings. The maximum Gasteiger partial charge on any atom is 0.268 e. The molecule has 0 radical (unpaired) electrons. The minimum Gasteiger partial charge on any atom is -0.348 e. The lowest BCUT2D eigenvalue weighted by molar-refractivity contribution is 0.0949. The Labute approximate surface area is 157 Å². The molecule has 0 saturated heterocycles. The molecule has 0 aliphatic heterocycles. The number of aromatic nitrogens is 1. The SMILES string of the molecule is Cc1cccc(CNC(=O)c2ccc(C)n(-c3cccc(C#N)c3)c2=O)c1. The molecular formula is C22H19N3O2. The van der Waals surface area contributed by atoms with Gasteiger partial charge in [0.25, 0.3) is 11.5 Å². The minimum atomic E-state index is -0.424. The molecule has 1 N–H and O–H groups in total. The first-order valence-electron chi connectivity index (χ1n) is 8.56. The van der Waals surface area contributed by atoms with Crippen molar-refractivity contribution in [2.24, 2.45) is 0 Å². The minimum absolute atomic E-state index is 0.0654. The van der Waals surface area contributed by atoms with Crippen LogP contribution in [-0.2, 0) is 6.54 Å². The third-order valence-corrected chi connectivity index (χ3v) is 4.29. The number of carbonyl (C=O) groups excluding carboxylic acids is 1. The van der Waals surface area contributed by atoms with E-state index in [-0.39, 0.29) is 5.56 Å². The molecule has 0 saturated carbocycles. The summed E-state index contributed by atoms with van der Waals surface area (Å²) in [6.07, 6.45) is 0. The smallest absolute Gasteiger partial charge is 0.268 e. The normalized spacial score (nSPS) is 10.3. The number of carbonyl (C=O) groups is 1. The van der Waals surface area contributed by atoms with Crippen LogP contribution in [0.4, 0.5) is 0 Å². The molecular weight excluding hydrogens is 338 g/mol. The topological polar surface area (TPSA) is 74.9 Å². The van der Waals surface area contributed by atoms with E-state index in [9.17, 15) is 9.59 Å². The Hall–Kier alpha value is -3.65. The molecule has 5 nitrogen and oxygen atoms in total. The monoisotopic (exact) mass is 357 g/mol. The molecule has 2 aromatic carbocycles. The molecule has 0 fully saturated rings. The summed E-state index contributed by atoms with van der Waals surface area (Å²) in [5, 5.41) is 11.9. The molecule has 5 heteroatoms. The van der Waals surface area contributed by atoms with Gasteiger partial charge in [0, 0.05) is 12.2 Å². The molecule has 0 aliphatic carbocycles. The third kappa shape index (κ3) is 3.96. The fourth-order valence-corrected chi connectivity index (χ4v) is 2.94. The Kier molecular flexibility index (Phi) is 5.18. The van der Waals surface area contributed by atoms with Gasteiger partial charge >= 0.3 is 0 Å². The highest BCUT2D eigenvalue weighted by molar-refractivity contribution is 5.93. The summed E-state index contributed by atoms with van der Waals surface area (Å²) < 4.78 is 1.45. The van der Waals surface area contributed by atoms with Gasteiger partial charge in [-0.3, -0.25) is 14.2 Å². The van der Waals surface area contributed by atoms with Crippen LogP contribution in [0.2, 0.25) is 0 Å². The number of benzene rings is 2. The number of aryl methyl sites for hydroxylation is 2. The van der Waals surface area contributed by atoms with Gasteiger partial charge in [-0.2, -0.15) is 5.26 Å². The predicted molar refractivity (Wildman–Crippen MR) is 104 cm³/mol. The molecule has 1 amide bonds. The van der Waals surface area contributed by atoms with E-state index in [1.165, 1.54) is 10.6 Å². The highest BCUT2D eigenvalue weighted by atomic mass is 16.2. The number of amides is 1. The summed E-state index contributed by atoms with van der Waals surface area (Å²) in [4.78, 5) is 25.5. The Morgan fingerprint density at radius 3 is 2.59 bits per heavy atom. The van der Waals surface area contributed by atoms with Gasteiger partial charge in [0.05, 0.1) is 17.3 Å². The van der Waals surface area contributed by atoms with Crippen molar-refractivity contribution >= 4 is 5.91 Å². The van der Waals surface area contributed by atoms with Crippen LogP contribution < -0.4 is 10.9 Å². The molecule has 1 aromatic heterocycles. The standard InChI is InChI=1S/C22H19N3O2/c1-15-5-3-7-18(11-15)14-24-21(26)20-10-9-16(2)25(22(20)27)19-8-4-6-17(12-19)13-23/h3-12H,14H2,1-2H3,(H,24,26). The Bertz CT molecular complexity index is 1110. The average molecular weight is 357 g/mol. The van der Waals surface area contributed by atoms with Gasteiger partial charge in [0.15, 0.2) is 0 Å². The largest absolute Gasteiger partial charge is 0.348 e. The van der Waals surface area contributed by atoms with E-state index in [0.717, 1.165) is 11.1 Å². The average Bonchev–Trinajstić information content (AvgIpc) is 2.66. The van der Waals surface area contributed by atoms with Gasteiger partial charge in [0.2, 0.25) is 0 Å². The second kappa shape index (κ2) is 7.71. The zero-order valence-electron chi connectivity index (χ0n) is 15.2. The van der Waals surface area contributed by atoms with Crippen LogP contribution in [0.5, 0.6) is 0 Å². The first-order chi connectivity index (χ1) is 13.0. The molecule has 3 rings (SSSR count). The van der Waals surface area contributed by atoms with Crippen LogP contribution in [-0.4, -0.2) is 10.5 Å². The van der Waals surface area contributed by atoms with Crippen molar-refractivity contribution in [3.8, 4) is 11.8 Å². The maximum atomic E-state index is 12.9. The first kappa shape index (κ1) is 18.2. The lowest BCUT2D eigenvalue weighted by atomic mass is 10.1. The number of hydrogen-bond acceptors (Lipinski definition) is 3. The van der Waals surface area contributed by atoms with E-state index >= 15 is 0 Å². The molecule has 27 heavy (non-hydrogen) atoms. The fourth-order valence-electron chi connectivity index (χ4n) is 2.94. The maximum absolute atomic E-state index is 12.9. The number of nitrogens with zero attached hydrogens (tertiary/aromatic N) is 2. The van der Waals surface area contributed by atoms with E-state index in [1.807, 2.05) is 31.2 Å². The molecule has 0 spiro atoms. The molecule has 0 unspecified atom stereocenters. The van der Waals surface area contributed by atoms with E-state index in [1.54, 1.807) is 37.3 Å². The number of rotatable bonds is 4. The number of nitrogens with one attached hydrogen (secondary N) is 1. The summed E-state index contributed by atoms with van der Waals surface area (Å²) in [7, 11) is 0. The lowest BCUT2D eigenvalue weighted by Crippen LogP contribution is -2.33. The van der Waals surface area contributed by atoms with Crippen molar-refractivity contribution in [1.82, 2.24) is 9.88 Å². The second-order valence-electron chi connectivity index (χ2n) is 6.36. The third-order valence-electron chi connectivity index (χ3n) is 4.29. The van der Waals surface area contributed by atoms with Crippen LogP contribution in [0.25, 0.3) is 5.69 Å². The van der Waals surface area contributed by atoms with E-state index in [2.05, 4.69) is 11.4 Å². The van der Waals surface area contributed by atoms with Gasteiger partial charge in [-0.15, -0.1) is 0 Å². The lowest BCUT2D eigenvalue weighted by Gasteiger charge is -2.12. The molecule has 134 valence electrons. The van der Waals surface area contributed by atoms with Crippen LogP contribution in [0, 0.1) is 25.2 Å².